The van der Waals surface area contributed by atoms with Crippen molar-refractivity contribution < 1.29 is 23.8 Å². The molecule has 0 atom stereocenters. The summed E-state index contributed by atoms with van der Waals surface area (Å²) in [5, 5.41) is 9.71. The molecule has 0 fully saturated rings. The van der Waals surface area contributed by atoms with Crippen molar-refractivity contribution in [1.82, 2.24) is 4.98 Å². The summed E-state index contributed by atoms with van der Waals surface area (Å²) in [5.74, 6) is -0.0984. The minimum Gasteiger partial charge on any atom is -0.496 e. The van der Waals surface area contributed by atoms with Gasteiger partial charge in [-0.25, -0.2) is 4.98 Å². The van der Waals surface area contributed by atoms with Gasteiger partial charge >= 0.3 is 5.97 Å². The van der Waals surface area contributed by atoms with Crippen LogP contribution in [-0.4, -0.2) is 29.0 Å². The fraction of sp³-hybridized carbons (Fsp3) is 0.105. The van der Waals surface area contributed by atoms with Gasteiger partial charge in [-0.1, -0.05) is 0 Å². The van der Waals surface area contributed by atoms with E-state index in [2.05, 4.69) is 4.98 Å². The van der Waals surface area contributed by atoms with E-state index in [9.17, 15) is 9.59 Å². The number of thiazole rings is 1. The van der Waals surface area contributed by atoms with Gasteiger partial charge in [-0.2, -0.15) is 0 Å². The number of furan rings is 1. The predicted octanol–water partition coefficient (Wildman–Crippen LogP) is 3.93. The number of hydrogen-bond acceptors (Lipinski definition) is 6. The molecular formula is C19H15NO5S. The predicted molar refractivity (Wildman–Crippen MR) is 97.5 cm³/mol. The lowest BCUT2D eigenvalue weighted by Gasteiger charge is -2.07. The summed E-state index contributed by atoms with van der Waals surface area (Å²) in [6.45, 7) is 0. The molecule has 0 unspecified atom stereocenters. The highest BCUT2D eigenvalue weighted by atomic mass is 32.1. The normalized spacial score (nSPS) is 11.0. The largest absolute Gasteiger partial charge is 0.496 e. The molecule has 0 bridgehead atoms. The number of carbonyl (C=O) groups is 2. The second kappa shape index (κ2) is 7.79. The van der Waals surface area contributed by atoms with Gasteiger partial charge in [0.2, 0.25) is 0 Å². The Morgan fingerprint density at radius 1 is 1.35 bits per heavy atom. The van der Waals surface area contributed by atoms with Crippen LogP contribution in [0.15, 0.2) is 53.3 Å². The first-order chi connectivity index (χ1) is 12.6. The molecule has 26 heavy (non-hydrogen) atoms. The molecule has 1 aromatic carbocycles. The van der Waals surface area contributed by atoms with E-state index >= 15 is 0 Å². The summed E-state index contributed by atoms with van der Waals surface area (Å²) in [6.07, 6.45) is 6.14. The zero-order valence-corrected chi connectivity index (χ0v) is 14.7. The molecule has 0 saturated carbocycles. The van der Waals surface area contributed by atoms with E-state index in [4.69, 9.17) is 14.3 Å². The van der Waals surface area contributed by atoms with E-state index in [-0.39, 0.29) is 12.2 Å². The molecule has 0 amide bonds. The van der Waals surface area contributed by atoms with E-state index in [1.165, 1.54) is 24.5 Å². The molecule has 0 spiro atoms. The van der Waals surface area contributed by atoms with Crippen LogP contribution < -0.4 is 4.74 Å². The molecule has 0 aliphatic heterocycles. The zero-order chi connectivity index (χ0) is 18.5. The average Bonchev–Trinajstić information content (AvgIpc) is 3.30. The highest BCUT2D eigenvalue weighted by molar-refractivity contribution is 7.15. The summed E-state index contributed by atoms with van der Waals surface area (Å²) in [4.78, 5) is 28.4. The number of allylic oxidation sites excluding steroid dienone is 1. The number of ether oxygens (including phenoxy) is 1. The SMILES string of the molecule is COc1ccc(C(=O)/C=C/c2cnc(-c3ccco3)s2)cc1CC(=O)O. The van der Waals surface area contributed by atoms with Crippen LogP contribution in [0.1, 0.15) is 20.8 Å². The molecule has 2 heterocycles. The quantitative estimate of drug-likeness (QED) is 0.501. The summed E-state index contributed by atoms with van der Waals surface area (Å²) < 4.78 is 10.4. The number of hydrogen-bond donors (Lipinski definition) is 1. The fourth-order valence-electron chi connectivity index (χ4n) is 2.36. The molecule has 3 aromatic rings. The minimum absolute atomic E-state index is 0.213. The van der Waals surface area contributed by atoms with Gasteiger partial charge in [0.15, 0.2) is 16.6 Å². The van der Waals surface area contributed by atoms with Gasteiger partial charge in [0.05, 0.1) is 19.8 Å². The van der Waals surface area contributed by atoms with Crippen molar-refractivity contribution in [2.45, 2.75) is 6.42 Å². The summed E-state index contributed by atoms with van der Waals surface area (Å²) in [7, 11) is 1.46. The Balaban J connectivity index is 1.77. The number of benzene rings is 1. The third-order valence-electron chi connectivity index (χ3n) is 3.56. The second-order valence-corrected chi connectivity index (χ2v) is 6.40. The van der Waals surface area contributed by atoms with Gasteiger partial charge in [-0.3, -0.25) is 9.59 Å². The topological polar surface area (TPSA) is 89.6 Å². The number of carboxylic acids is 1. The first kappa shape index (κ1) is 17.6. The Morgan fingerprint density at radius 3 is 2.88 bits per heavy atom. The molecular weight excluding hydrogens is 354 g/mol. The maximum Gasteiger partial charge on any atom is 0.307 e. The molecule has 7 heteroatoms. The van der Waals surface area contributed by atoms with Gasteiger partial charge in [-0.05, 0) is 42.5 Å². The number of rotatable bonds is 7. The number of aromatic nitrogens is 1. The van der Waals surface area contributed by atoms with Crippen molar-refractivity contribution in [3.05, 3.63) is 64.9 Å². The van der Waals surface area contributed by atoms with Crippen LogP contribution in [0.2, 0.25) is 0 Å². The van der Waals surface area contributed by atoms with Crippen molar-refractivity contribution >= 4 is 29.2 Å². The number of methoxy groups -OCH3 is 1. The van der Waals surface area contributed by atoms with Crippen LogP contribution in [0, 0.1) is 0 Å². The first-order valence-corrected chi connectivity index (χ1v) is 8.49. The molecule has 0 aliphatic rings. The fourth-order valence-corrected chi connectivity index (χ4v) is 3.15. The molecule has 0 saturated heterocycles. The number of aliphatic carboxylic acids is 1. The van der Waals surface area contributed by atoms with E-state index in [1.54, 1.807) is 42.8 Å². The molecule has 6 nitrogen and oxygen atoms in total. The maximum atomic E-state index is 12.4. The standard InChI is InChI=1S/C19H15NO5S/c1-24-16-7-4-12(9-13(16)10-18(22)23)15(21)6-5-14-11-20-19(26-14)17-3-2-8-25-17/h2-9,11H,10H2,1H3,(H,22,23)/b6-5+. The molecule has 3 rings (SSSR count). The lowest BCUT2D eigenvalue weighted by atomic mass is 10.0. The van der Waals surface area contributed by atoms with Gasteiger partial charge in [0.25, 0.3) is 0 Å². The van der Waals surface area contributed by atoms with Crippen LogP contribution in [0.25, 0.3) is 16.8 Å². The van der Waals surface area contributed by atoms with Crippen LogP contribution in [0.3, 0.4) is 0 Å². The van der Waals surface area contributed by atoms with Gasteiger partial charge in [-0.15, -0.1) is 11.3 Å². The Bertz CT molecular complexity index is 956. The Kier molecular flexibility index (Phi) is 5.28. The molecule has 1 N–H and O–H groups in total. The van der Waals surface area contributed by atoms with Crippen LogP contribution >= 0.6 is 11.3 Å². The van der Waals surface area contributed by atoms with Crippen LogP contribution in [0.5, 0.6) is 5.75 Å². The monoisotopic (exact) mass is 369 g/mol. The zero-order valence-electron chi connectivity index (χ0n) is 13.8. The maximum absolute atomic E-state index is 12.4. The highest BCUT2D eigenvalue weighted by Gasteiger charge is 2.12. The summed E-state index contributed by atoms with van der Waals surface area (Å²) in [5.41, 5.74) is 0.853. The van der Waals surface area contributed by atoms with E-state index in [0.29, 0.717) is 22.6 Å². The number of carbonyl (C=O) groups excluding carboxylic acids is 1. The average molecular weight is 369 g/mol. The van der Waals surface area contributed by atoms with Crippen LogP contribution in [-0.2, 0) is 11.2 Å². The Morgan fingerprint density at radius 2 is 2.19 bits per heavy atom. The second-order valence-electron chi connectivity index (χ2n) is 5.34. The van der Waals surface area contributed by atoms with Crippen molar-refractivity contribution in [3.8, 4) is 16.5 Å². The third-order valence-corrected chi connectivity index (χ3v) is 4.54. The smallest absolute Gasteiger partial charge is 0.307 e. The van der Waals surface area contributed by atoms with E-state index < -0.39 is 5.97 Å². The highest BCUT2D eigenvalue weighted by Crippen LogP contribution is 2.26. The molecule has 0 radical (unpaired) electrons. The minimum atomic E-state index is -0.987. The van der Waals surface area contributed by atoms with Gasteiger partial charge in [0, 0.05) is 22.2 Å². The van der Waals surface area contributed by atoms with Crippen molar-refractivity contribution in [3.63, 3.8) is 0 Å². The lowest BCUT2D eigenvalue weighted by Crippen LogP contribution is -2.04. The van der Waals surface area contributed by atoms with Crippen LogP contribution in [0.4, 0.5) is 0 Å². The number of nitrogens with zero attached hydrogens (tertiary/aromatic N) is 1. The summed E-state index contributed by atoms with van der Waals surface area (Å²) >= 11 is 1.40. The Hall–Kier alpha value is -3.19. The number of ketones is 1. The first-order valence-electron chi connectivity index (χ1n) is 7.67. The van der Waals surface area contributed by atoms with E-state index in [0.717, 1.165) is 9.88 Å². The van der Waals surface area contributed by atoms with Gasteiger partial charge in [0.1, 0.15) is 5.75 Å². The van der Waals surface area contributed by atoms with Crippen molar-refractivity contribution in [2.75, 3.05) is 7.11 Å². The van der Waals surface area contributed by atoms with E-state index in [1.807, 2.05) is 6.07 Å². The lowest BCUT2D eigenvalue weighted by molar-refractivity contribution is -0.136. The number of carboxylic acid groups (broad SMARTS) is 1. The molecule has 2 aromatic heterocycles. The summed E-state index contributed by atoms with van der Waals surface area (Å²) in [6, 6.07) is 8.35. The van der Waals surface area contributed by atoms with Crippen molar-refractivity contribution in [1.29, 1.82) is 0 Å². The third kappa shape index (κ3) is 4.07. The van der Waals surface area contributed by atoms with Crippen molar-refractivity contribution in [2.24, 2.45) is 0 Å². The molecule has 132 valence electrons. The van der Waals surface area contributed by atoms with Gasteiger partial charge < -0.3 is 14.3 Å². The molecule has 0 aliphatic carbocycles. The Labute approximate surface area is 153 Å².